The fourth-order valence-electron chi connectivity index (χ4n) is 3.90. The van der Waals surface area contributed by atoms with Crippen molar-refractivity contribution in [2.75, 3.05) is 14.2 Å². The molecule has 3 rings (SSSR count). The van der Waals surface area contributed by atoms with Crippen molar-refractivity contribution < 1.29 is 17.9 Å². The normalized spacial score (nSPS) is 19.3. The minimum absolute atomic E-state index is 0.0505. The molecular weight excluding hydrogens is 402 g/mol. The van der Waals surface area contributed by atoms with Gasteiger partial charge in [0, 0.05) is 24.1 Å². The number of hydrogen-bond donors (Lipinski definition) is 3. The van der Waals surface area contributed by atoms with Crippen molar-refractivity contribution in [2.24, 2.45) is 11.1 Å². The van der Waals surface area contributed by atoms with Crippen LogP contribution in [0.5, 0.6) is 5.75 Å². The first-order valence-electron chi connectivity index (χ1n) is 10.1. The third-order valence-corrected chi connectivity index (χ3v) is 6.69. The van der Waals surface area contributed by atoms with Gasteiger partial charge in [0.15, 0.2) is 0 Å². The molecule has 8 heteroatoms. The zero-order valence-corrected chi connectivity index (χ0v) is 18.2. The Balaban J connectivity index is 1.71. The maximum Gasteiger partial charge on any atom is 0.238 e. The molecule has 1 saturated carbocycles. The van der Waals surface area contributed by atoms with E-state index in [1.807, 2.05) is 25.2 Å². The summed E-state index contributed by atoms with van der Waals surface area (Å²) >= 11 is 0. The second kappa shape index (κ2) is 9.59. The highest BCUT2D eigenvalue weighted by molar-refractivity contribution is 7.89. The maximum atomic E-state index is 12.6. The van der Waals surface area contributed by atoms with Gasteiger partial charge in [0.05, 0.1) is 12.0 Å². The number of nitrogens with one attached hydrogen (secondary N) is 2. The Labute approximate surface area is 178 Å². The SMILES string of the molecule is CNC1CCC(C(=O)NCc2cc(-c3ccc(S(N)(=O)=O)cc3)ccc2OC)CC1. The molecule has 30 heavy (non-hydrogen) atoms. The molecule has 2 aromatic rings. The van der Waals surface area contributed by atoms with Crippen LogP contribution in [0.2, 0.25) is 0 Å². The summed E-state index contributed by atoms with van der Waals surface area (Å²) in [7, 11) is -0.164. The van der Waals surface area contributed by atoms with Gasteiger partial charge in [0.2, 0.25) is 15.9 Å². The zero-order chi connectivity index (χ0) is 21.7. The van der Waals surface area contributed by atoms with Crippen LogP contribution in [0, 0.1) is 5.92 Å². The van der Waals surface area contributed by atoms with Crippen LogP contribution in [0.4, 0.5) is 0 Å². The second-order valence-corrected chi connectivity index (χ2v) is 9.21. The number of sulfonamides is 1. The van der Waals surface area contributed by atoms with Gasteiger partial charge in [0.1, 0.15) is 5.75 Å². The number of amides is 1. The van der Waals surface area contributed by atoms with Crippen LogP contribution in [-0.4, -0.2) is 34.5 Å². The van der Waals surface area contributed by atoms with Crippen LogP contribution in [-0.2, 0) is 21.4 Å². The number of carbonyl (C=O) groups is 1. The van der Waals surface area contributed by atoms with Crippen molar-refractivity contribution in [3.63, 3.8) is 0 Å². The maximum absolute atomic E-state index is 12.6. The van der Waals surface area contributed by atoms with E-state index in [0.717, 1.165) is 42.4 Å². The largest absolute Gasteiger partial charge is 0.496 e. The van der Waals surface area contributed by atoms with E-state index in [2.05, 4.69) is 10.6 Å². The Morgan fingerprint density at radius 1 is 1.07 bits per heavy atom. The molecule has 0 bridgehead atoms. The lowest BCUT2D eigenvalue weighted by Gasteiger charge is -2.27. The van der Waals surface area contributed by atoms with E-state index in [9.17, 15) is 13.2 Å². The molecule has 4 N–H and O–H groups in total. The summed E-state index contributed by atoms with van der Waals surface area (Å²) in [6, 6.07) is 12.6. The van der Waals surface area contributed by atoms with Gasteiger partial charge >= 0.3 is 0 Å². The fraction of sp³-hybridized carbons (Fsp3) is 0.409. The molecule has 0 aromatic heterocycles. The lowest BCUT2D eigenvalue weighted by atomic mass is 9.85. The molecule has 162 valence electrons. The molecule has 0 aliphatic heterocycles. The summed E-state index contributed by atoms with van der Waals surface area (Å²) in [5, 5.41) is 11.5. The van der Waals surface area contributed by atoms with Crippen LogP contribution in [0.15, 0.2) is 47.4 Å². The molecule has 0 unspecified atom stereocenters. The Kier molecular flexibility index (Phi) is 7.12. The van der Waals surface area contributed by atoms with Crippen LogP contribution in [0.1, 0.15) is 31.2 Å². The molecule has 1 amide bonds. The Morgan fingerprint density at radius 2 is 1.70 bits per heavy atom. The smallest absolute Gasteiger partial charge is 0.238 e. The molecule has 0 spiro atoms. The van der Waals surface area contributed by atoms with Crippen LogP contribution in [0.3, 0.4) is 0 Å². The molecule has 1 aliphatic carbocycles. The van der Waals surface area contributed by atoms with Crippen molar-refractivity contribution in [3.8, 4) is 16.9 Å². The average Bonchev–Trinajstić information content (AvgIpc) is 2.76. The van der Waals surface area contributed by atoms with Gasteiger partial charge in [-0.1, -0.05) is 18.2 Å². The van der Waals surface area contributed by atoms with Gasteiger partial charge in [0.25, 0.3) is 0 Å². The van der Waals surface area contributed by atoms with E-state index in [-0.39, 0.29) is 16.7 Å². The third kappa shape index (κ3) is 5.38. The average molecular weight is 432 g/mol. The second-order valence-electron chi connectivity index (χ2n) is 7.65. The quantitative estimate of drug-likeness (QED) is 0.623. The number of hydrogen-bond acceptors (Lipinski definition) is 5. The Hall–Kier alpha value is -2.42. The fourth-order valence-corrected chi connectivity index (χ4v) is 4.42. The molecule has 0 saturated heterocycles. The van der Waals surface area contributed by atoms with Crippen molar-refractivity contribution in [2.45, 2.75) is 43.2 Å². The van der Waals surface area contributed by atoms with Gasteiger partial charge in [-0.3, -0.25) is 4.79 Å². The molecule has 0 radical (unpaired) electrons. The van der Waals surface area contributed by atoms with Gasteiger partial charge < -0.3 is 15.4 Å². The molecule has 7 nitrogen and oxygen atoms in total. The zero-order valence-electron chi connectivity index (χ0n) is 17.4. The summed E-state index contributed by atoms with van der Waals surface area (Å²) in [4.78, 5) is 12.7. The number of carbonyl (C=O) groups excluding carboxylic acids is 1. The van der Waals surface area contributed by atoms with Crippen LogP contribution in [0.25, 0.3) is 11.1 Å². The number of primary sulfonamides is 1. The molecule has 1 aliphatic rings. The molecular formula is C22H29N3O4S. The van der Waals surface area contributed by atoms with Crippen molar-refractivity contribution in [1.29, 1.82) is 0 Å². The standard InChI is InChI=1S/C22H29N3O4S/c1-24-19-8-3-16(4-9-19)22(26)25-14-18-13-17(7-12-21(18)29-2)15-5-10-20(11-6-15)30(23,27)28/h5-7,10-13,16,19,24H,3-4,8-9,14H2,1-2H3,(H,25,26)(H2,23,27,28). The van der Waals surface area contributed by atoms with E-state index < -0.39 is 10.0 Å². The molecule has 0 heterocycles. The number of methoxy groups -OCH3 is 1. The predicted octanol–water partition coefficient (Wildman–Crippen LogP) is 2.40. The van der Waals surface area contributed by atoms with E-state index >= 15 is 0 Å². The van der Waals surface area contributed by atoms with Crippen molar-refractivity contribution in [1.82, 2.24) is 10.6 Å². The number of benzene rings is 2. The monoisotopic (exact) mass is 431 g/mol. The highest BCUT2D eigenvalue weighted by Gasteiger charge is 2.25. The molecule has 2 aromatic carbocycles. The van der Waals surface area contributed by atoms with Gasteiger partial charge in [-0.25, -0.2) is 13.6 Å². The van der Waals surface area contributed by atoms with E-state index in [1.165, 1.54) is 12.1 Å². The minimum Gasteiger partial charge on any atom is -0.496 e. The van der Waals surface area contributed by atoms with Crippen LogP contribution < -0.4 is 20.5 Å². The Morgan fingerprint density at radius 3 is 2.27 bits per heavy atom. The van der Waals surface area contributed by atoms with E-state index in [4.69, 9.17) is 9.88 Å². The summed E-state index contributed by atoms with van der Waals surface area (Å²) in [6.07, 6.45) is 3.82. The lowest BCUT2D eigenvalue weighted by Crippen LogP contribution is -2.37. The van der Waals surface area contributed by atoms with Crippen LogP contribution >= 0.6 is 0 Å². The predicted molar refractivity (Wildman–Crippen MR) is 116 cm³/mol. The summed E-state index contributed by atoms with van der Waals surface area (Å²) < 4.78 is 28.4. The number of ether oxygens (including phenoxy) is 1. The van der Waals surface area contributed by atoms with E-state index in [0.29, 0.717) is 18.3 Å². The minimum atomic E-state index is -3.73. The summed E-state index contributed by atoms with van der Waals surface area (Å²) in [6.45, 7) is 0.372. The lowest BCUT2D eigenvalue weighted by molar-refractivity contribution is -0.126. The van der Waals surface area contributed by atoms with Gasteiger partial charge in [-0.05, 0) is 68.1 Å². The summed E-state index contributed by atoms with van der Waals surface area (Å²) in [5.74, 6) is 0.822. The summed E-state index contributed by atoms with van der Waals surface area (Å²) in [5.41, 5.74) is 2.61. The van der Waals surface area contributed by atoms with E-state index in [1.54, 1.807) is 19.2 Å². The number of nitrogens with two attached hydrogens (primary N) is 1. The molecule has 0 atom stereocenters. The Bertz CT molecular complexity index is 982. The first-order valence-corrected chi connectivity index (χ1v) is 11.6. The first kappa shape index (κ1) is 22.3. The van der Waals surface area contributed by atoms with Gasteiger partial charge in [-0.2, -0.15) is 0 Å². The highest BCUT2D eigenvalue weighted by atomic mass is 32.2. The van der Waals surface area contributed by atoms with Crippen molar-refractivity contribution in [3.05, 3.63) is 48.0 Å². The third-order valence-electron chi connectivity index (χ3n) is 5.76. The van der Waals surface area contributed by atoms with Crippen molar-refractivity contribution >= 4 is 15.9 Å². The highest BCUT2D eigenvalue weighted by Crippen LogP contribution is 2.28. The molecule has 1 fully saturated rings. The van der Waals surface area contributed by atoms with Gasteiger partial charge in [-0.15, -0.1) is 0 Å². The topological polar surface area (TPSA) is 111 Å². The first-order chi connectivity index (χ1) is 14.3. The number of rotatable bonds is 7.